The number of hydrogen-bond acceptors (Lipinski definition) is 7. The molecule has 0 N–H and O–H groups in total. The van der Waals surface area contributed by atoms with Gasteiger partial charge >= 0.3 is 0 Å². The van der Waals surface area contributed by atoms with E-state index in [1.165, 1.54) is 20.3 Å². The van der Waals surface area contributed by atoms with E-state index in [0.717, 1.165) is 12.8 Å². The van der Waals surface area contributed by atoms with Gasteiger partial charge in [0.15, 0.2) is 19.9 Å². The number of rotatable bonds is 10. The molecule has 0 saturated carbocycles. The summed E-state index contributed by atoms with van der Waals surface area (Å²) >= 11 is 0. The first kappa shape index (κ1) is 30.0. The van der Waals surface area contributed by atoms with Crippen molar-refractivity contribution in [1.82, 2.24) is 9.55 Å². The van der Waals surface area contributed by atoms with Crippen LogP contribution in [0.1, 0.15) is 46.1 Å². The monoisotopic (exact) mass is 571 g/mol. The molecular weight excluding hydrogens is 529 g/mol. The van der Waals surface area contributed by atoms with Crippen LogP contribution in [0.2, 0.25) is 18.1 Å². The topological polar surface area (TPSA) is 75.1 Å². The van der Waals surface area contributed by atoms with E-state index in [0.29, 0.717) is 60.8 Å². The molecule has 1 aliphatic rings. The number of hydrogen-bond donors (Lipinski definition) is 0. The van der Waals surface area contributed by atoms with E-state index >= 15 is 4.39 Å². The van der Waals surface area contributed by atoms with E-state index in [-0.39, 0.29) is 22.4 Å². The molecule has 1 fully saturated rings. The van der Waals surface area contributed by atoms with E-state index in [4.69, 9.17) is 18.6 Å². The number of halogens is 1. The fraction of sp³-hybridized carbons (Fsp3) is 0.533. The highest BCUT2D eigenvalue weighted by Crippen LogP contribution is 2.39. The molecule has 0 aliphatic carbocycles. The van der Waals surface area contributed by atoms with Crippen molar-refractivity contribution >= 4 is 30.6 Å². The maximum atomic E-state index is 15.7. The van der Waals surface area contributed by atoms with E-state index in [9.17, 15) is 4.79 Å². The Labute approximate surface area is 237 Å². The second-order valence-corrected chi connectivity index (χ2v) is 16.6. The Morgan fingerprint density at radius 2 is 1.85 bits per heavy atom. The zero-order valence-corrected chi connectivity index (χ0v) is 25.8. The van der Waals surface area contributed by atoms with Crippen LogP contribution < -0.4 is 19.9 Å². The number of aromatic nitrogens is 2. The minimum atomic E-state index is -1.94. The first-order valence-electron chi connectivity index (χ1n) is 13.9. The summed E-state index contributed by atoms with van der Waals surface area (Å²) in [6.07, 6.45) is 3.82. The predicted octanol–water partition coefficient (Wildman–Crippen LogP) is 6.45. The van der Waals surface area contributed by atoms with Crippen molar-refractivity contribution < 1.29 is 23.0 Å². The summed E-state index contributed by atoms with van der Waals surface area (Å²) < 4.78 is 40.1. The van der Waals surface area contributed by atoms with Gasteiger partial charge in [-0.3, -0.25) is 9.36 Å². The third kappa shape index (κ3) is 6.34. The van der Waals surface area contributed by atoms with Crippen molar-refractivity contribution in [3.63, 3.8) is 0 Å². The molecule has 0 atom stereocenters. The first-order chi connectivity index (χ1) is 19.0. The smallest absolute Gasteiger partial charge is 0.261 e. The van der Waals surface area contributed by atoms with Gasteiger partial charge in [-0.25, -0.2) is 9.37 Å². The summed E-state index contributed by atoms with van der Waals surface area (Å²) in [6, 6.07) is 8.71. The lowest BCUT2D eigenvalue weighted by Crippen LogP contribution is -2.41. The number of ether oxygens (including phenoxy) is 3. The van der Waals surface area contributed by atoms with Gasteiger partial charge in [-0.15, -0.1) is 0 Å². The van der Waals surface area contributed by atoms with Crippen molar-refractivity contribution in [1.29, 1.82) is 0 Å². The number of benzene rings is 2. The van der Waals surface area contributed by atoms with Crippen LogP contribution in [0.3, 0.4) is 0 Å². The van der Waals surface area contributed by atoms with Crippen LogP contribution in [0.4, 0.5) is 15.8 Å². The predicted molar refractivity (Wildman–Crippen MR) is 159 cm³/mol. The van der Waals surface area contributed by atoms with Gasteiger partial charge in [0, 0.05) is 50.2 Å². The fourth-order valence-corrected chi connectivity index (χ4v) is 5.78. The number of nitrogens with zero attached hydrogens (tertiary/aromatic N) is 3. The molecule has 0 bridgehead atoms. The Bertz CT molecular complexity index is 1380. The van der Waals surface area contributed by atoms with Gasteiger partial charge in [0.1, 0.15) is 5.75 Å². The molecule has 8 nitrogen and oxygen atoms in total. The SMILES string of the molecule is COc1cc(OC)c(F)c(N(CCCO[Si](C)(C)C(C)(C)C)c2ccc3ncn(C4CCOCC4)c(=O)c3c2)c1. The minimum Gasteiger partial charge on any atom is -0.497 e. The van der Waals surface area contributed by atoms with Gasteiger partial charge in [0.25, 0.3) is 5.56 Å². The maximum absolute atomic E-state index is 15.7. The lowest BCUT2D eigenvalue weighted by atomic mass is 10.1. The molecule has 40 heavy (non-hydrogen) atoms. The molecule has 0 spiro atoms. The molecule has 0 unspecified atom stereocenters. The maximum Gasteiger partial charge on any atom is 0.261 e. The normalized spacial score (nSPS) is 14.9. The Balaban J connectivity index is 1.73. The summed E-state index contributed by atoms with van der Waals surface area (Å²) in [5.74, 6) is 0.0563. The zero-order chi connectivity index (χ0) is 29.1. The first-order valence-corrected chi connectivity index (χ1v) is 16.8. The molecule has 0 radical (unpaired) electrons. The highest BCUT2D eigenvalue weighted by Gasteiger charge is 2.37. The third-order valence-corrected chi connectivity index (χ3v) is 12.7. The van der Waals surface area contributed by atoms with Crippen LogP contribution in [0.5, 0.6) is 11.5 Å². The van der Waals surface area contributed by atoms with Gasteiger partial charge in [-0.05, 0) is 55.6 Å². The van der Waals surface area contributed by atoms with Crippen molar-refractivity contribution in [3.05, 3.63) is 52.8 Å². The van der Waals surface area contributed by atoms with Gasteiger partial charge in [0.05, 0.1) is 37.1 Å². The standard InChI is InChI=1S/C30H42FN3O5Si/c1-30(2,3)40(6,7)39-14-8-13-33(26-18-23(36-4)19-27(37-5)28(26)31)22-9-10-25-24(17-22)29(35)34(20-32-25)21-11-15-38-16-12-21/h9-10,17-21H,8,11-16H2,1-7H3. The average Bonchev–Trinajstić information content (AvgIpc) is 2.93. The minimum absolute atomic E-state index is 0.0467. The largest absolute Gasteiger partial charge is 0.497 e. The molecule has 3 aromatic rings. The molecule has 1 aromatic heterocycles. The molecule has 10 heteroatoms. The summed E-state index contributed by atoms with van der Waals surface area (Å²) in [7, 11) is 1.03. The Morgan fingerprint density at radius 1 is 1.12 bits per heavy atom. The zero-order valence-electron chi connectivity index (χ0n) is 24.8. The fourth-order valence-electron chi connectivity index (χ4n) is 4.69. The van der Waals surface area contributed by atoms with Crippen LogP contribution in [-0.4, -0.2) is 58.5 Å². The van der Waals surface area contributed by atoms with Gasteiger partial charge in [0.2, 0.25) is 0 Å². The van der Waals surface area contributed by atoms with Crippen LogP contribution in [-0.2, 0) is 9.16 Å². The molecular formula is C30H42FN3O5Si. The lowest BCUT2D eigenvalue weighted by molar-refractivity contribution is 0.0685. The highest BCUT2D eigenvalue weighted by atomic mass is 28.4. The molecule has 1 saturated heterocycles. The number of anilines is 2. The molecule has 1 aliphatic heterocycles. The van der Waals surface area contributed by atoms with Crippen LogP contribution >= 0.6 is 0 Å². The van der Waals surface area contributed by atoms with Gasteiger partial charge in [-0.2, -0.15) is 0 Å². The Hall–Kier alpha value is -2.95. The molecule has 4 rings (SSSR count). The molecule has 2 aromatic carbocycles. The lowest BCUT2D eigenvalue weighted by Gasteiger charge is -2.36. The second-order valence-electron chi connectivity index (χ2n) is 11.8. The van der Waals surface area contributed by atoms with Gasteiger partial charge < -0.3 is 23.5 Å². The summed E-state index contributed by atoms with van der Waals surface area (Å²) in [5.41, 5.74) is 1.47. The summed E-state index contributed by atoms with van der Waals surface area (Å²) in [4.78, 5) is 20.0. The van der Waals surface area contributed by atoms with Gasteiger partial charge in [-0.1, -0.05) is 20.8 Å². The molecule has 2 heterocycles. The van der Waals surface area contributed by atoms with Crippen molar-refractivity contribution in [2.24, 2.45) is 0 Å². The van der Waals surface area contributed by atoms with Crippen molar-refractivity contribution in [2.45, 2.75) is 64.2 Å². The van der Waals surface area contributed by atoms with Crippen LogP contribution in [0.25, 0.3) is 10.9 Å². The van der Waals surface area contributed by atoms with E-state index in [2.05, 4.69) is 38.8 Å². The van der Waals surface area contributed by atoms with E-state index < -0.39 is 14.1 Å². The van der Waals surface area contributed by atoms with E-state index in [1.54, 1.807) is 23.0 Å². The Morgan fingerprint density at radius 3 is 2.50 bits per heavy atom. The highest BCUT2D eigenvalue weighted by molar-refractivity contribution is 6.74. The third-order valence-electron chi connectivity index (χ3n) is 8.20. The summed E-state index contributed by atoms with van der Waals surface area (Å²) in [6.45, 7) is 13.3. The average molecular weight is 572 g/mol. The van der Waals surface area contributed by atoms with Crippen molar-refractivity contribution in [2.75, 3.05) is 45.5 Å². The quantitative estimate of drug-likeness (QED) is 0.204. The van der Waals surface area contributed by atoms with Crippen molar-refractivity contribution in [3.8, 4) is 11.5 Å². The summed E-state index contributed by atoms with van der Waals surface area (Å²) in [5, 5.41) is 0.582. The number of fused-ring (bicyclic) bond motifs is 1. The van der Waals surface area contributed by atoms with Crippen LogP contribution in [0, 0.1) is 5.82 Å². The van der Waals surface area contributed by atoms with Crippen LogP contribution in [0.15, 0.2) is 41.5 Å². The molecule has 0 amide bonds. The second kappa shape index (κ2) is 12.3. The van der Waals surface area contributed by atoms with E-state index in [1.807, 2.05) is 17.0 Å². The Kier molecular flexibility index (Phi) is 9.21. The number of methoxy groups -OCH3 is 2. The molecule has 218 valence electrons.